The van der Waals surface area contributed by atoms with E-state index in [4.69, 9.17) is 15.2 Å². The van der Waals surface area contributed by atoms with Gasteiger partial charge in [0.1, 0.15) is 12.4 Å². The molecule has 0 radical (unpaired) electrons. The molecule has 5 rings (SSSR count). The van der Waals surface area contributed by atoms with E-state index < -0.39 is 0 Å². The molecule has 2 aliphatic rings. The lowest BCUT2D eigenvalue weighted by molar-refractivity contribution is 0.0322. The molecule has 3 heterocycles. The van der Waals surface area contributed by atoms with Gasteiger partial charge in [-0.15, -0.1) is 0 Å². The highest BCUT2D eigenvalue weighted by Crippen LogP contribution is 2.30. The molecule has 0 atom stereocenters. The molecule has 3 aromatic rings. The number of H-pyrrole nitrogens is 1. The second-order valence-electron chi connectivity index (χ2n) is 8.41. The standard InChI is InChI=1S/C24H29N5O3/c1-2-22-20-12-19(21(25)13-23(20)27-26-22)24(30)29-14-16-3-4-18(11-17(16)15-29)32-10-7-28-5-8-31-9-6-28/h3-4,11-13H,2,5-10,14-15,25H2,1H3,(H,26,27). The van der Waals surface area contributed by atoms with Crippen molar-refractivity contribution in [3.05, 3.63) is 52.7 Å². The van der Waals surface area contributed by atoms with Crippen LogP contribution in [0.25, 0.3) is 10.9 Å². The molecule has 0 saturated carbocycles. The minimum absolute atomic E-state index is 0.0568. The van der Waals surface area contributed by atoms with Crippen LogP contribution in [0.3, 0.4) is 0 Å². The van der Waals surface area contributed by atoms with Crippen LogP contribution in [-0.4, -0.2) is 65.4 Å². The minimum atomic E-state index is -0.0568. The van der Waals surface area contributed by atoms with Crippen molar-refractivity contribution in [3.63, 3.8) is 0 Å². The summed E-state index contributed by atoms with van der Waals surface area (Å²) in [5, 5.41) is 8.28. The highest BCUT2D eigenvalue weighted by molar-refractivity contribution is 6.04. The van der Waals surface area contributed by atoms with Crippen molar-refractivity contribution in [2.24, 2.45) is 0 Å². The number of aromatic nitrogens is 2. The van der Waals surface area contributed by atoms with Crippen LogP contribution >= 0.6 is 0 Å². The molecule has 0 spiro atoms. The zero-order valence-corrected chi connectivity index (χ0v) is 18.4. The molecule has 1 fully saturated rings. The first kappa shape index (κ1) is 20.8. The van der Waals surface area contributed by atoms with Crippen LogP contribution in [0.2, 0.25) is 0 Å². The molecule has 0 aliphatic carbocycles. The number of carbonyl (C=O) groups is 1. The van der Waals surface area contributed by atoms with Gasteiger partial charge < -0.3 is 20.1 Å². The van der Waals surface area contributed by atoms with Crippen molar-refractivity contribution in [2.45, 2.75) is 26.4 Å². The number of carbonyl (C=O) groups excluding carboxylic acids is 1. The summed E-state index contributed by atoms with van der Waals surface area (Å²) in [4.78, 5) is 17.5. The first-order chi connectivity index (χ1) is 15.6. The Kier molecular flexibility index (Phi) is 5.71. The van der Waals surface area contributed by atoms with Gasteiger partial charge in [0.05, 0.1) is 24.3 Å². The molecule has 1 aromatic heterocycles. The van der Waals surface area contributed by atoms with Crippen LogP contribution in [0.15, 0.2) is 30.3 Å². The van der Waals surface area contributed by atoms with E-state index in [2.05, 4.69) is 34.2 Å². The van der Waals surface area contributed by atoms with Crippen molar-refractivity contribution in [2.75, 3.05) is 45.2 Å². The van der Waals surface area contributed by atoms with E-state index in [0.29, 0.717) is 30.9 Å². The van der Waals surface area contributed by atoms with Crippen LogP contribution in [-0.2, 0) is 24.2 Å². The first-order valence-electron chi connectivity index (χ1n) is 11.2. The minimum Gasteiger partial charge on any atom is -0.492 e. The van der Waals surface area contributed by atoms with Crippen LogP contribution in [0, 0.1) is 0 Å². The number of nitrogens with two attached hydrogens (primary N) is 1. The maximum Gasteiger partial charge on any atom is 0.256 e. The molecule has 168 valence electrons. The Morgan fingerprint density at radius 3 is 2.81 bits per heavy atom. The second kappa shape index (κ2) is 8.80. The first-order valence-corrected chi connectivity index (χ1v) is 11.2. The lowest BCUT2D eigenvalue weighted by Gasteiger charge is -2.26. The Balaban J connectivity index is 1.26. The molecule has 8 heteroatoms. The number of morpholine rings is 1. The number of aryl methyl sites for hydroxylation is 1. The maximum absolute atomic E-state index is 13.3. The van der Waals surface area contributed by atoms with Crippen molar-refractivity contribution in [1.29, 1.82) is 0 Å². The van der Waals surface area contributed by atoms with Gasteiger partial charge in [0.15, 0.2) is 0 Å². The fourth-order valence-corrected chi connectivity index (χ4v) is 4.47. The van der Waals surface area contributed by atoms with E-state index in [0.717, 1.165) is 72.7 Å². The van der Waals surface area contributed by atoms with E-state index in [1.807, 2.05) is 17.0 Å². The maximum atomic E-state index is 13.3. The third kappa shape index (κ3) is 4.03. The summed E-state index contributed by atoms with van der Waals surface area (Å²) in [6.45, 7) is 8.22. The smallest absolute Gasteiger partial charge is 0.256 e. The number of rotatable bonds is 6. The van der Waals surface area contributed by atoms with Gasteiger partial charge in [0, 0.05) is 49.5 Å². The predicted molar refractivity (Wildman–Crippen MR) is 123 cm³/mol. The van der Waals surface area contributed by atoms with Crippen molar-refractivity contribution in [3.8, 4) is 5.75 Å². The number of hydrogen-bond acceptors (Lipinski definition) is 6. The van der Waals surface area contributed by atoms with E-state index in [-0.39, 0.29) is 5.91 Å². The number of aromatic amines is 1. The number of hydrogen-bond donors (Lipinski definition) is 2. The average molecular weight is 436 g/mol. The molecule has 8 nitrogen and oxygen atoms in total. The number of ether oxygens (including phenoxy) is 2. The van der Waals surface area contributed by atoms with Gasteiger partial charge in [-0.25, -0.2) is 0 Å². The van der Waals surface area contributed by atoms with Gasteiger partial charge >= 0.3 is 0 Å². The normalized spacial score (nSPS) is 16.5. The Labute approximate surface area is 187 Å². The van der Waals surface area contributed by atoms with Crippen LogP contribution in [0.1, 0.15) is 34.1 Å². The number of nitrogens with zero attached hydrogens (tertiary/aromatic N) is 3. The van der Waals surface area contributed by atoms with Gasteiger partial charge in [-0.3, -0.25) is 14.8 Å². The summed E-state index contributed by atoms with van der Waals surface area (Å²) >= 11 is 0. The molecular weight excluding hydrogens is 406 g/mol. The summed E-state index contributed by atoms with van der Waals surface area (Å²) in [7, 11) is 0. The van der Waals surface area contributed by atoms with E-state index in [1.54, 1.807) is 6.07 Å². The fourth-order valence-electron chi connectivity index (χ4n) is 4.47. The largest absolute Gasteiger partial charge is 0.492 e. The SMILES string of the molecule is CCc1[nH]nc2cc(N)c(C(=O)N3Cc4ccc(OCCN5CCOCC5)cc4C3)cc12. The highest BCUT2D eigenvalue weighted by atomic mass is 16.5. The van der Waals surface area contributed by atoms with E-state index >= 15 is 0 Å². The van der Waals surface area contributed by atoms with Gasteiger partial charge in [-0.1, -0.05) is 13.0 Å². The number of fused-ring (bicyclic) bond motifs is 2. The monoisotopic (exact) mass is 435 g/mol. The van der Waals surface area contributed by atoms with Gasteiger partial charge in [0.2, 0.25) is 0 Å². The zero-order valence-electron chi connectivity index (χ0n) is 18.4. The quantitative estimate of drug-likeness (QED) is 0.578. The molecule has 0 bridgehead atoms. The molecule has 3 N–H and O–H groups in total. The zero-order chi connectivity index (χ0) is 22.1. The Hall–Kier alpha value is -3.10. The molecule has 0 unspecified atom stereocenters. The van der Waals surface area contributed by atoms with E-state index in [1.165, 1.54) is 0 Å². The van der Waals surface area contributed by atoms with E-state index in [9.17, 15) is 4.79 Å². The fraction of sp³-hybridized carbons (Fsp3) is 0.417. The van der Waals surface area contributed by atoms with Crippen LogP contribution in [0.4, 0.5) is 5.69 Å². The highest BCUT2D eigenvalue weighted by Gasteiger charge is 2.26. The molecule has 2 aromatic carbocycles. The summed E-state index contributed by atoms with van der Waals surface area (Å²) in [5.41, 5.74) is 11.3. The summed E-state index contributed by atoms with van der Waals surface area (Å²) in [6.07, 6.45) is 0.817. The Bertz CT molecular complexity index is 1140. The summed E-state index contributed by atoms with van der Waals surface area (Å²) in [6, 6.07) is 9.76. The van der Waals surface area contributed by atoms with Crippen molar-refractivity contribution < 1.29 is 14.3 Å². The third-order valence-electron chi connectivity index (χ3n) is 6.36. The summed E-state index contributed by atoms with van der Waals surface area (Å²) < 4.78 is 11.4. The summed E-state index contributed by atoms with van der Waals surface area (Å²) in [5.74, 6) is 0.789. The second-order valence-corrected chi connectivity index (χ2v) is 8.41. The van der Waals surface area contributed by atoms with Crippen molar-refractivity contribution >= 4 is 22.5 Å². The molecule has 32 heavy (non-hydrogen) atoms. The third-order valence-corrected chi connectivity index (χ3v) is 6.36. The Morgan fingerprint density at radius 1 is 1.19 bits per heavy atom. The van der Waals surface area contributed by atoms with Crippen LogP contribution < -0.4 is 10.5 Å². The number of nitrogen functional groups attached to an aromatic ring is 1. The number of benzene rings is 2. The van der Waals surface area contributed by atoms with Gasteiger partial charge in [-0.2, -0.15) is 5.10 Å². The van der Waals surface area contributed by atoms with Crippen LogP contribution in [0.5, 0.6) is 5.75 Å². The molecule has 1 saturated heterocycles. The average Bonchev–Trinajstić information content (AvgIpc) is 3.42. The number of amides is 1. The lowest BCUT2D eigenvalue weighted by Crippen LogP contribution is -2.38. The van der Waals surface area contributed by atoms with Crippen molar-refractivity contribution in [1.82, 2.24) is 20.0 Å². The number of nitrogens with one attached hydrogen (secondary N) is 1. The molecule has 2 aliphatic heterocycles. The topological polar surface area (TPSA) is 96.7 Å². The predicted octanol–water partition coefficient (Wildman–Crippen LogP) is 2.57. The molecule has 1 amide bonds. The van der Waals surface area contributed by atoms with Gasteiger partial charge in [0.25, 0.3) is 5.91 Å². The Morgan fingerprint density at radius 2 is 2.00 bits per heavy atom. The molecular formula is C24H29N5O3. The number of anilines is 1. The lowest BCUT2D eigenvalue weighted by atomic mass is 10.1. The van der Waals surface area contributed by atoms with Gasteiger partial charge in [-0.05, 0) is 41.8 Å².